The molecule has 12 atom stereocenters. The van der Waals surface area contributed by atoms with Crippen molar-refractivity contribution in [3.05, 3.63) is 72.9 Å². The summed E-state index contributed by atoms with van der Waals surface area (Å²) in [7, 11) is 0. The predicted octanol–water partition coefficient (Wildman–Crippen LogP) is 8.38. The van der Waals surface area contributed by atoms with Crippen molar-refractivity contribution in [1.29, 1.82) is 0 Å². The minimum absolute atomic E-state index is 0.254. The Morgan fingerprint density at radius 2 is 0.972 bits per heavy atom. The number of ether oxygens (including phenoxy) is 4. The van der Waals surface area contributed by atoms with Gasteiger partial charge in [0.15, 0.2) is 12.6 Å². The van der Waals surface area contributed by atoms with Gasteiger partial charge in [-0.25, -0.2) is 0 Å². The number of nitrogens with one attached hydrogen (secondary N) is 1. The Hall–Kier alpha value is -2.57. The minimum Gasteiger partial charge on any atom is -0.394 e. The maximum Gasteiger partial charge on any atom is 0.220 e. The number of unbranched alkanes of at least 4 members (excludes halogenated alkanes) is 19. The van der Waals surface area contributed by atoms with E-state index in [0.717, 1.165) is 89.9 Å². The van der Waals surface area contributed by atoms with Crippen LogP contribution in [0.25, 0.3) is 0 Å². The topological polar surface area (TPSA) is 228 Å². The lowest BCUT2D eigenvalue weighted by molar-refractivity contribution is -0.359. The van der Waals surface area contributed by atoms with Gasteiger partial charge in [0.1, 0.15) is 48.8 Å². The second-order valence-corrected chi connectivity index (χ2v) is 19.3. The number of hydrogen-bond donors (Lipinski definition) is 9. The van der Waals surface area contributed by atoms with Crippen molar-refractivity contribution in [1.82, 2.24) is 5.32 Å². The molecule has 410 valence electrons. The summed E-state index contributed by atoms with van der Waals surface area (Å²) in [6, 6.07) is -0.924. The lowest BCUT2D eigenvalue weighted by Crippen LogP contribution is -2.65. The molecule has 0 aliphatic carbocycles. The van der Waals surface area contributed by atoms with Crippen LogP contribution in [-0.2, 0) is 23.7 Å². The number of amides is 1. The molecule has 0 aromatic rings. The predicted molar refractivity (Wildman–Crippen MR) is 281 cm³/mol. The molecule has 0 radical (unpaired) electrons. The third-order valence-electron chi connectivity index (χ3n) is 13.1. The maximum absolute atomic E-state index is 13.2. The van der Waals surface area contributed by atoms with E-state index in [1.165, 1.54) is 70.6 Å². The van der Waals surface area contributed by atoms with Crippen LogP contribution in [0.1, 0.15) is 187 Å². The highest BCUT2D eigenvalue weighted by atomic mass is 16.7. The van der Waals surface area contributed by atoms with Gasteiger partial charge >= 0.3 is 0 Å². The van der Waals surface area contributed by atoms with Crippen molar-refractivity contribution in [2.24, 2.45) is 0 Å². The highest BCUT2D eigenvalue weighted by Crippen LogP contribution is 2.30. The molecule has 1 amide bonds. The van der Waals surface area contributed by atoms with Crippen molar-refractivity contribution in [2.45, 2.75) is 261 Å². The van der Waals surface area contributed by atoms with Crippen LogP contribution in [0.2, 0.25) is 0 Å². The molecule has 0 bridgehead atoms. The molecule has 71 heavy (non-hydrogen) atoms. The molecule has 9 N–H and O–H groups in total. The molecule has 2 aliphatic heterocycles. The summed E-state index contributed by atoms with van der Waals surface area (Å²) in [4.78, 5) is 13.2. The number of aliphatic hydroxyl groups excluding tert-OH is 8. The zero-order chi connectivity index (χ0) is 51.7. The molecule has 2 aliphatic rings. The van der Waals surface area contributed by atoms with Gasteiger partial charge in [0.2, 0.25) is 5.91 Å². The fraction of sp³-hybridized carbons (Fsp3) is 0.772. The minimum atomic E-state index is -1.79. The van der Waals surface area contributed by atoms with E-state index in [2.05, 4.69) is 79.9 Å². The Morgan fingerprint density at radius 3 is 1.49 bits per heavy atom. The van der Waals surface area contributed by atoms with Gasteiger partial charge in [-0.2, -0.15) is 0 Å². The van der Waals surface area contributed by atoms with Crippen LogP contribution in [0.3, 0.4) is 0 Å². The second-order valence-electron chi connectivity index (χ2n) is 19.3. The van der Waals surface area contributed by atoms with Crippen LogP contribution >= 0.6 is 0 Å². The summed E-state index contributed by atoms with van der Waals surface area (Å²) in [5, 5.41) is 86.9. The van der Waals surface area contributed by atoms with E-state index in [4.69, 9.17) is 18.9 Å². The first-order chi connectivity index (χ1) is 34.6. The average molecular weight is 1010 g/mol. The Labute approximate surface area is 428 Å². The summed E-state index contributed by atoms with van der Waals surface area (Å²) < 4.78 is 22.7. The first kappa shape index (κ1) is 64.5. The van der Waals surface area contributed by atoms with Crippen LogP contribution in [0.5, 0.6) is 0 Å². The maximum atomic E-state index is 13.2. The van der Waals surface area contributed by atoms with Gasteiger partial charge in [0, 0.05) is 6.42 Å². The molecule has 0 aromatic carbocycles. The Kier molecular flexibility index (Phi) is 38.9. The number of rotatable bonds is 42. The first-order valence-electron chi connectivity index (χ1n) is 27.7. The van der Waals surface area contributed by atoms with Gasteiger partial charge in [0.25, 0.3) is 0 Å². The second kappa shape index (κ2) is 42.8. The highest BCUT2D eigenvalue weighted by molar-refractivity contribution is 5.76. The van der Waals surface area contributed by atoms with E-state index >= 15 is 0 Å². The molecule has 0 saturated carbocycles. The summed E-state index contributed by atoms with van der Waals surface area (Å²) in [6.45, 7) is 2.65. The van der Waals surface area contributed by atoms with Crippen molar-refractivity contribution in [3.63, 3.8) is 0 Å². The standard InChI is InChI=1S/C57H99NO13/c1-3-5-7-9-11-13-15-17-19-20-21-22-23-24-25-26-27-29-31-33-35-37-39-41-49(62)58-45(46(61)40-38-36-34-32-30-28-18-16-14-12-10-8-6-4-2)44-68-56-54(67)52(65)55(48(43-60)70-56)71-57-53(66)51(64)50(63)47(42-59)69-57/h5,7,11,13,17,19,21-22,24-25,38,40,45-48,50-57,59-61,63-67H,3-4,6,8-10,12,14-16,18,20,23,26-37,39,41-44H2,1-2H3,(H,58,62)/b7-5-,13-11-,19-17-,22-21-,25-24-,40-38+. The SMILES string of the molecule is CC/C=C\C/C=C\C/C=C\C/C=C\C/C=C\CCCCCCCCCC(=O)NC(COC1OC(CO)C(OC2OC(CO)C(O)C(O)C2O)C(O)C1O)C(O)/C=C/CCCCCCCCCCCCCC. The Bertz CT molecular complexity index is 1470. The molecule has 12 unspecified atom stereocenters. The van der Waals surface area contributed by atoms with E-state index in [0.29, 0.717) is 6.42 Å². The molecule has 14 nitrogen and oxygen atoms in total. The van der Waals surface area contributed by atoms with Crippen molar-refractivity contribution >= 4 is 5.91 Å². The lowest BCUT2D eigenvalue weighted by atomic mass is 9.97. The van der Waals surface area contributed by atoms with E-state index in [1.807, 2.05) is 6.08 Å². The van der Waals surface area contributed by atoms with Gasteiger partial charge in [-0.1, -0.05) is 189 Å². The van der Waals surface area contributed by atoms with Crippen LogP contribution in [-0.4, -0.2) is 140 Å². The number of carbonyl (C=O) groups excluding carboxylic acids is 1. The van der Waals surface area contributed by atoms with E-state index in [9.17, 15) is 45.6 Å². The van der Waals surface area contributed by atoms with Gasteiger partial charge in [0.05, 0.1) is 32.0 Å². The van der Waals surface area contributed by atoms with Gasteiger partial charge in [-0.05, 0) is 64.2 Å². The molecule has 2 heterocycles. The molecule has 2 rings (SSSR count). The zero-order valence-electron chi connectivity index (χ0n) is 43.7. The quantitative estimate of drug-likeness (QED) is 0.0207. The number of allylic oxidation sites excluding steroid dienone is 11. The number of aliphatic hydroxyl groups is 8. The van der Waals surface area contributed by atoms with Crippen LogP contribution in [0.4, 0.5) is 0 Å². The van der Waals surface area contributed by atoms with Gasteiger partial charge in [-0.3, -0.25) is 4.79 Å². The number of hydrogen-bond acceptors (Lipinski definition) is 13. The third kappa shape index (κ3) is 29.2. The highest BCUT2D eigenvalue weighted by Gasteiger charge is 2.51. The molecular weight excluding hydrogens is 907 g/mol. The Morgan fingerprint density at radius 1 is 0.521 bits per heavy atom. The van der Waals surface area contributed by atoms with Gasteiger partial charge < -0.3 is 65.1 Å². The van der Waals surface area contributed by atoms with Gasteiger partial charge in [-0.15, -0.1) is 0 Å². The van der Waals surface area contributed by atoms with E-state index in [-0.39, 0.29) is 18.9 Å². The first-order valence-corrected chi connectivity index (χ1v) is 27.7. The van der Waals surface area contributed by atoms with Crippen LogP contribution in [0.15, 0.2) is 72.9 Å². The third-order valence-corrected chi connectivity index (χ3v) is 13.1. The number of carbonyl (C=O) groups is 1. The summed E-state index contributed by atoms with van der Waals surface area (Å²) in [5.74, 6) is -0.254. The molecule has 0 spiro atoms. The summed E-state index contributed by atoms with van der Waals surface area (Å²) >= 11 is 0. The smallest absolute Gasteiger partial charge is 0.220 e. The summed E-state index contributed by atoms with van der Waals surface area (Å²) in [5.41, 5.74) is 0. The Balaban J connectivity index is 1.80. The van der Waals surface area contributed by atoms with Crippen molar-refractivity contribution in [3.8, 4) is 0 Å². The largest absolute Gasteiger partial charge is 0.394 e. The average Bonchev–Trinajstić information content (AvgIpc) is 3.37. The van der Waals surface area contributed by atoms with Crippen molar-refractivity contribution < 1.29 is 64.6 Å². The van der Waals surface area contributed by atoms with Crippen LogP contribution < -0.4 is 5.32 Å². The molecule has 2 fully saturated rings. The van der Waals surface area contributed by atoms with E-state index in [1.54, 1.807) is 6.08 Å². The monoisotopic (exact) mass is 1010 g/mol. The van der Waals surface area contributed by atoms with E-state index < -0.39 is 86.8 Å². The lowest BCUT2D eigenvalue weighted by Gasteiger charge is -2.46. The molecule has 0 aromatic heterocycles. The van der Waals surface area contributed by atoms with Crippen LogP contribution in [0, 0.1) is 0 Å². The zero-order valence-corrected chi connectivity index (χ0v) is 43.7. The normalized spacial score (nSPS) is 26.3. The molecule has 2 saturated heterocycles. The fourth-order valence-corrected chi connectivity index (χ4v) is 8.67. The molecule has 14 heteroatoms. The fourth-order valence-electron chi connectivity index (χ4n) is 8.67. The molecular formula is C57H99NO13. The van der Waals surface area contributed by atoms with Crippen molar-refractivity contribution in [2.75, 3.05) is 19.8 Å². The summed E-state index contributed by atoms with van der Waals surface area (Å²) in [6.07, 6.45) is 37.9.